The molecular weight excluding hydrogens is 453 g/mol. The molecule has 1 aliphatic heterocycles. The standard InChI is InChI=1S/C20H22N6O.C2HF3O2/c1-14-17(15(2)26(24-14)16-6-4-3-5-7-16)8-9-20(27)23-19-13-22-18-12-21-10-11-25(18)19;3-2(4,5)1(6)7/h3-9,13,21H,10-12H2,1-2H3,(H,23,27);(H,6,7)/b9-8+;. The Morgan fingerprint density at radius 1 is 1.21 bits per heavy atom. The van der Waals surface area contributed by atoms with Crippen LogP contribution in [-0.2, 0) is 22.7 Å². The van der Waals surface area contributed by atoms with Crippen LogP contribution in [0.25, 0.3) is 11.8 Å². The van der Waals surface area contributed by atoms with Crippen LogP contribution in [-0.4, -0.2) is 49.0 Å². The van der Waals surface area contributed by atoms with Gasteiger partial charge in [-0.3, -0.25) is 4.79 Å². The zero-order chi connectivity index (χ0) is 24.9. The van der Waals surface area contributed by atoms with Gasteiger partial charge in [0.25, 0.3) is 0 Å². The lowest BCUT2D eigenvalue weighted by Gasteiger charge is -2.17. The molecule has 0 atom stereocenters. The highest BCUT2D eigenvalue weighted by atomic mass is 19.4. The SMILES string of the molecule is Cc1nn(-c2ccccc2)c(C)c1/C=C/C(=O)Nc1cnc2n1CCNC2.O=C(O)C(F)(F)F. The Hall–Kier alpha value is -3.93. The Kier molecular flexibility index (Phi) is 7.51. The predicted octanol–water partition coefficient (Wildman–Crippen LogP) is 3.07. The first kappa shape index (κ1) is 24.7. The number of carboxylic acids is 1. The first-order chi connectivity index (χ1) is 16.1. The van der Waals surface area contributed by atoms with Crippen LogP contribution in [0.3, 0.4) is 0 Å². The van der Waals surface area contributed by atoms with E-state index < -0.39 is 12.1 Å². The molecule has 0 bridgehead atoms. The molecule has 3 aromatic rings. The van der Waals surface area contributed by atoms with Crippen LogP contribution in [0.1, 0.15) is 22.8 Å². The number of nitrogens with one attached hydrogen (secondary N) is 2. The molecule has 1 aromatic carbocycles. The van der Waals surface area contributed by atoms with Crippen LogP contribution in [0.2, 0.25) is 0 Å². The lowest BCUT2D eigenvalue weighted by Crippen LogP contribution is -2.29. The second kappa shape index (κ2) is 10.3. The quantitative estimate of drug-likeness (QED) is 0.499. The highest BCUT2D eigenvalue weighted by molar-refractivity contribution is 6.01. The molecule has 3 heterocycles. The van der Waals surface area contributed by atoms with Crippen LogP contribution < -0.4 is 10.6 Å². The molecule has 0 saturated heterocycles. The number of benzene rings is 1. The molecular formula is C22H23F3N6O3. The van der Waals surface area contributed by atoms with Gasteiger partial charge in [0.2, 0.25) is 5.91 Å². The highest BCUT2D eigenvalue weighted by Crippen LogP contribution is 2.19. The van der Waals surface area contributed by atoms with Gasteiger partial charge in [0, 0.05) is 30.4 Å². The number of carboxylic acid groups (broad SMARTS) is 1. The molecule has 1 amide bonds. The lowest BCUT2D eigenvalue weighted by molar-refractivity contribution is -0.192. The summed E-state index contributed by atoms with van der Waals surface area (Å²) in [6.45, 7) is 6.36. The first-order valence-electron chi connectivity index (χ1n) is 10.2. The van der Waals surface area contributed by atoms with Crippen LogP contribution in [0.15, 0.2) is 42.6 Å². The fraction of sp³-hybridized carbons (Fsp3) is 0.273. The predicted molar refractivity (Wildman–Crippen MR) is 118 cm³/mol. The van der Waals surface area contributed by atoms with Gasteiger partial charge in [-0.25, -0.2) is 14.5 Å². The van der Waals surface area contributed by atoms with Gasteiger partial charge in [-0.2, -0.15) is 18.3 Å². The number of halogens is 3. The number of carbonyl (C=O) groups excluding carboxylic acids is 1. The number of alkyl halides is 3. The van der Waals surface area contributed by atoms with E-state index in [4.69, 9.17) is 9.90 Å². The summed E-state index contributed by atoms with van der Waals surface area (Å²) in [5, 5.41) is 17.9. The lowest BCUT2D eigenvalue weighted by atomic mass is 10.2. The third-order valence-electron chi connectivity index (χ3n) is 4.98. The maximum Gasteiger partial charge on any atom is 0.490 e. The molecule has 12 heteroatoms. The van der Waals surface area contributed by atoms with E-state index in [-0.39, 0.29) is 5.91 Å². The van der Waals surface area contributed by atoms with Crippen molar-refractivity contribution in [1.29, 1.82) is 0 Å². The molecule has 1 aliphatic rings. The summed E-state index contributed by atoms with van der Waals surface area (Å²) in [5.74, 6) is -1.26. The van der Waals surface area contributed by atoms with Crippen molar-refractivity contribution in [2.45, 2.75) is 33.1 Å². The van der Waals surface area contributed by atoms with Crippen molar-refractivity contribution < 1.29 is 27.9 Å². The number of aliphatic carboxylic acids is 1. The molecule has 2 aromatic heterocycles. The van der Waals surface area contributed by atoms with E-state index in [0.717, 1.165) is 53.9 Å². The zero-order valence-electron chi connectivity index (χ0n) is 18.4. The summed E-state index contributed by atoms with van der Waals surface area (Å²) in [7, 11) is 0. The Labute approximate surface area is 192 Å². The number of carbonyl (C=O) groups is 2. The number of para-hydroxylation sites is 1. The fourth-order valence-electron chi connectivity index (χ4n) is 3.34. The van der Waals surface area contributed by atoms with Gasteiger partial charge in [0.05, 0.1) is 24.1 Å². The first-order valence-corrected chi connectivity index (χ1v) is 10.2. The zero-order valence-corrected chi connectivity index (χ0v) is 18.4. The number of aromatic nitrogens is 4. The minimum absolute atomic E-state index is 0.178. The number of imidazole rings is 1. The van der Waals surface area contributed by atoms with Crippen molar-refractivity contribution in [1.82, 2.24) is 24.6 Å². The smallest absolute Gasteiger partial charge is 0.475 e. The number of amides is 1. The second-order valence-electron chi connectivity index (χ2n) is 7.35. The average molecular weight is 476 g/mol. The molecule has 34 heavy (non-hydrogen) atoms. The van der Waals surface area contributed by atoms with Gasteiger partial charge < -0.3 is 20.3 Å². The number of aryl methyl sites for hydroxylation is 1. The third kappa shape index (κ3) is 5.90. The Balaban J connectivity index is 0.000000406. The largest absolute Gasteiger partial charge is 0.490 e. The molecule has 0 unspecified atom stereocenters. The molecule has 0 spiro atoms. The maximum atomic E-state index is 12.4. The number of nitrogens with zero attached hydrogens (tertiary/aromatic N) is 4. The molecule has 0 saturated carbocycles. The minimum Gasteiger partial charge on any atom is -0.475 e. The van der Waals surface area contributed by atoms with Crippen molar-refractivity contribution in [3.8, 4) is 5.69 Å². The minimum atomic E-state index is -5.08. The van der Waals surface area contributed by atoms with Crippen molar-refractivity contribution >= 4 is 23.8 Å². The fourth-order valence-corrected chi connectivity index (χ4v) is 3.34. The number of anilines is 1. The van der Waals surface area contributed by atoms with Gasteiger partial charge in [0.15, 0.2) is 0 Å². The number of hydrogen-bond donors (Lipinski definition) is 3. The molecule has 180 valence electrons. The average Bonchev–Trinajstić information content (AvgIpc) is 3.33. The summed E-state index contributed by atoms with van der Waals surface area (Å²) in [5.41, 5.74) is 3.83. The molecule has 4 rings (SSSR count). The monoisotopic (exact) mass is 476 g/mol. The highest BCUT2D eigenvalue weighted by Gasteiger charge is 2.38. The van der Waals surface area contributed by atoms with Gasteiger partial charge >= 0.3 is 12.1 Å². The number of fused-ring (bicyclic) bond motifs is 1. The third-order valence-corrected chi connectivity index (χ3v) is 4.98. The summed E-state index contributed by atoms with van der Waals surface area (Å²) < 4.78 is 35.7. The van der Waals surface area contributed by atoms with Crippen LogP contribution in [0.4, 0.5) is 19.0 Å². The van der Waals surface area contributed by atoms with E-state index in [1.165, 1.54) is 0 Å². The van der Waals surface area contributed by atoms with Gasteiger partial charge in [-0.1, -0.05) is 18.2 Å². The Morgan fingerprint density at radius 3 is 2.53 bits per heavy atom. The topological polar surface area (TPSA) is 114 Å². The maximum absolute atomic E-state index is 12.4. The van der Waals surface area contributed by atoms with E-state index in [0.29, 0.717) is 0 Å². The molecule has 0 aliphatic carbocycles. The number of hydrogen-bond acceptors (Lipinski definition) is 5. The van der Waals surface area contributed by atoms with Crippen LogP contribution in [0, 0.1) is 13.8 Å². The Bertz CT molecular complexity index is 1200. The van der Waals surface area contributed by atoms with E-state index >= 15 is 0 Å². The van der Waals surface area contributed by atoms with Crippen molar-refractivity contribution in [2.24, 2.45) is 0 Å². The summed E-state index contributed by atoms with van der Waals surface area (Å²) in [6, 6.07) is 9.97. The van der Waals surface area contributed by atoms with E-state index in [9.17, 15) is 18.0 Å². The van der Waals surface area contributed by atoms with E-state index in [1.54, 1.807) is 12.3 Å². The number of rotatable bonds is 4. The van der Waals surface area contributed by atoms with Crippen molar-refractivity contribution in [3.63, 3.8) is 0 Å². The molecule has 3 N–H and O–H groups in total. The second-order valence-corrected chi connectivity index (χ2v) is 7.35. The summed E-state index contributed by atoms with van der Waals surface area (Å²) in [4.78, 5) is 25.6. The van der Waals surface area contributed by atoms with Gasteiger partial charge in [-0.05, 0) is 32.1 Å². The van der Waals surface area contributed by atoms with Crippen molar-refractivity contribution in [3.05, 3.63) is 65.4 Å². The summed E-state index contributed by atoms with van der Waals surface area (Å²) in [6.07, 6.45) is -0.00708. The van der Waals surface area contributed by atoms with E-state index in [1.807, 2.05) is 59.5 Å². The Morgan fingerprint density at radius 2 is 1.88 bits per heavy atom. The molecule has 0 radical (unpaired) electrons. The summed E-state index contributed by atoms with van der Waals surface area (Å²) >= 11 is 0. The van der Waals surface area contributed by atoms with E-state index in [2.05, 4.69) is 20.7 Å². The van der Waals surface area contributed by atoms with Crippen LogP contribution >= 0.6 is 0 Å². The molecule has 0 fully saturated rings. The molecule has 9 nitrogen and oxygen atoms in total. The normalized spacial score (nSPS) is 13.2. The van der Waals surface area contributed by atoms with Crippen LogP contribution in [0.5, 0.6) is 0 Å². The van der Waals surface area contributed by atoms with Crippen molar-refractivity contribution in [2.75, 3.05) is 11.9 Å². The van der Waals surface area contributed by atoms with Gasteiger partial charge in [0.1, 0.15) is 11.6 Å². The van der Waals surface area contributed by atoms with Gasteiger partial charge in [-0.15, -0.1) is 0 Å².